The zero-order valence-corrected chi connectivity index (χ0v) is 13.7. The van der Waals surface area contributed by atoms with E-state index < -0.39 is 0 Å². The van der Waals surface area contributed by atoms with E-state index in [9.17, 15) is 4.79 Å². The lowest BCUT2D eigenvalue weighted by Crippen LogP contribution is -2.09. The maximum Gasteiger partial charge on any atom is 0.267 e. The molecule has 1 amide bonds. The number of anilines is 1. The molecule has 2 heterocycles. The predicted octanol–water partition coefficient (Wildman–Crippen LogP) is 4.11. The van der Waals surface area contributed by atoms with E-state index in [1.807, 2.05) is 42.5 Å². The third kappa shape index (κ3) is 3.31. The Morgan fingerprint density at radius 3 is 2.52 bits per heavy atom. The van der Waals surface area contributed by atoms with Gasteiger partial charge in [0.15, 0.2) is 0 Å². The van der Waals surface area contributed by atoms with Crippen molar-refractivity contribution < 1.29 is 9.21 Å². The Bertz CT molecular complexity index is 980. The van der Waals surface area contributed by atoms with Gasteiger partial charge in [-0.15, -0.1) is 21.5 Å². The minimum Gasteiger partial charge on any atom is -0.423 e. The largest absolute Gasteiger partial charge is 0.423 e. The van der Waals surface area contributed by atoms with Gasteiger partial charge in [-0.2, -0.15) is 0 Å². The van der Waals surface area contributed by atoms with Crippen LogP contribution in [0, 0.1) is 0 Å². The van der Waals surface area contributed by atoms with Crippen molar-refractivity contribution in [3.63, 3.8) is 0 Å². The van der Waals surface area contributed by atoms with E-state index in [2.05, 4.69) is 20.5 Å². The second-order valence-electron chi connectivity index (χ2n) is 5.17. The zero-order valence-electron chi connectivity index (χ0n) is 12.9. The molecule has 4 rings (SSSR count). The summed E-state index contributed by atoms with van der Waals surface area (Å²) < 4.78 is 5.14. The summed E-state index contributed by atoms with van der Waals surface area (Å²) in [6.45, 7) is 0. The second kappa shape index (κ2) is 6.66. The summed E-state index contributed by atoms with van der Waals surface area (Å²) in [5.74, 6) is 0.248. The molecule has 0 saturated carbocycles. The average molecular weight is 348 g/mol. The van der Waals surface area contributed by atoms with Crippen molar-refractivity contribution in [2.75, 3.05) is 5.32 Å². The Hall–Kier alpha value is -3.32. The highest BCUT2D eigenvalue weighted by Gasteiger charge is 2.12. The van der Waals surface area contributed by atoms with Crippen LogP contribution in [0.25, 0.3) is 22.0 Å². The number of benzene rings is 2. The monoisotopic (exact) mass is 348 g/mol. The summed E-state index contributed by atoms with van der Waals surface area (Å²) in [7, 11) is 0. The highest BCUT2D eigenvalue weighted by Crippen LogP contribution is 2.26. The number of carbonyl (C=O) groups is 1. The Morgan fingerprint density at radius 1 is 1.00 bits per heavy atom. The molecule has 0 aliphatic rings. The van der Waals surface area contributed by atoms with Gasteiger partial charge in [0.2, 0.25) is 12.3 Å². The smallest absolute Gasteiger partial charge is 0.267 e. The first-order valence-electron chi connectivity index (χ1n) is 7.49. The van der Waals surface area contributed by atoms with Gasteiger partial charge in [-0.1, -0.05) is 30.3 Å². The van der Waals surface area contributed by atoms with Gasteiger partial charge in [-0.3, -0.25) is 4.79 Å². The van der Waals surface area contributed by atoms with Crippen molar-refractivity contribution in [2.45, 2.75) is 0 Å². The molecule has 0 unspecified atom stereocenters. The number of thiazole rings is 1. The van der Waals surface area contributed by atoms with Crippen LogP contribution in [0.3, 0.4) is 0 Å². The minimum atomic E-state index is -0.190. The van der Waals surface area contributed by atoms with Crippen LogP contribution in [-0.2, 0) is 0 Å². The molecule has 0 saturated heterocycles. The molecule has 0 spiro atoms. The van der Waals surface area contributed by atoms with Gasteiger partial charge in [0.05, 0.1) is 6.20 Å². The quantitative estimate of drug-likeness (QED) is 0.600. The lowest BCUT2D eigenvalue weighted by Gasteiger charge is -2.03. The normalized spacial score (nSPS) is 10.6. The van der Waals surface area contributed by atoms with Crippen molar-refractivity contribution in [3.8, 4) is 22.0 Å². The van der Waals surface area contributed by atoms with E-state index in [1.165, 1.54) is 17.7 Å². The fourth-order valence-corrected chi connectivity index (χ4v) is 3.10. The number of hydrogen-bond donors (Lipinski definition) is 1. The summed E-state index contributed by atoms with van der Waals surface area (Å²) in [4.78, 5) is 17.3. The molecule has 7 heteroatoms. The van der Waals surface area contributed by atoms with Crippen LogP contribution in [-0.4, -0.2) is 21.1 Å². The maximum atomic E-state index is 12.4. The van der Waals surface area contributed by atoms with E-state index >= 15 is 0 Å². The molecule has 2 aromatic carbocycles. The highest BCUT2D eigenvalue weighted by atomic mass is 32.1. The first kappa shape index (κ1) is 15.2. The van der Waals surface area contributed by atoms with Crippen molar-refractivity contribution in [2.24, 2.45) is 0 Å². The van der Waals surface area contributed by atoms with Crippen molar-refractivity contribution in [3.05, 3.63) is 72.1 Å². The van der Waals surface area contributed by atoms with Crippen molar-refractivity contribution in [1.29, 1.82) is 0 Å². The molecule has 2 aromatic heterocycles. The van der Waals surface area contributed by atoms with Crippen LogP contribution in [0.5, 0.6) is 0 Å². The zero-order chi connectivity index (χ0) is 17.1. The van der Waals surface area contributed by atoms with Gasteiger partial charge in [-0.05, 0) is 24.3 Å². The molecule has 0 fully saturated rings. The molecule has 0 aliphatic carbocycles. The number of carbonyl (C=O) groups excluding carboxylic acids is 1. The standard InChI is InChI=1S/C18H12N4O2S/c23-16(15-10-19-18(25-15)13-4-2-1-3-5-13)21-14-8-6-12(7-9-14)17-22-20-11-24-17/h1-11H,(H,21,23). The van der Waals surface area contributed by atoms with E-state index in [4.69, 9.17) is 4.42 Å². The number of hydrogen-bond acceptors (Lipinski definition) is 6. The fourth-order valence-electron chi connectivity index (χ4n) is 2.28. The Balaban J connectivity index is 1.48. The molecule has 0 aliphatic heterocycles. The van der Waals surface area contributed by atoms with Crippen LogP contribution < -0.4 is 5.32 Å². The number of nitrogens with zero attached hydrogens (tertiary/aromatic N) is 3. The molecule has 4 aromatic rings. The van der Waals surface area contributed by atoms with Crippen molar-refractivity contribution in [1.82, 2.24) is 15.2 Å². The average Bonchev–Trinajstić information content (AvgIpc) is 3.35. The number of amides is 1. The summed E-state index contributed by atoms with van der Waals surface area (Å²) in [5, 5.41) is 11.2. The highest BCUT2D eigenvalue weighted by molar-refractivity contribution is 7.17. The third-order valence-electron chi connectivity index (χ3n) is 3.50. The van der Waals surface area contributed by atoms with Crippen LogP contribution in [0.2, 0.25) is 0 Å². The first-order chi connectivity index (χ1) is 12.3. The van der Waals surface area contributed by atoms with E-state index in [1.54, 1.807) is 18.3 Å². The number of aromatic nitrogens is 3. The fraction of sp³-hybridized carbons (Fsp3) is 0. The molecular weight excluding hydrogens is 336 g/mol. The lowest BCUT2D eigenvalue weighted by atomic mass is 10.2. The van der Waals surface area contributed by atoms with Gasteiger partial charge in [0, 0.05) is 16.8 Å². The molecule has 0 bridgehead atoms. The molecule has 0 radical (unpaired) electrons. The lowest BCUT2D eigenvalue weighted by molar-refractivity contribution is 0.103. The minimum absolute atomic E-state index is 0.190. The van der Waals surface area contributed by atoms with Crippen LogP contribution in [0.1, 0.15) is 9.67 Å². The molecule has 0 atom stereocenters. The Morgan fingerprint density at radius 2 is 1.80 bits per heavy atom. The predicted molar refractivity (Wildman–Crippen MR) is 95.2 cm³/mol. The topological polar surface area (TPSA) is 80.9 Å². The third-order valence-corrected chi connectivity index (χ3v) is 4.55. The SMILES string of the molecule is O=C(Nc1ccc(-c2nnco2)cc1)c1cnc(-c2ccccc2)s1. The molecule has 122 valence electrons. The molecule has 6 nitrogen and oxygen atoms in total. The first-order valence-corrected chi connectivity index (χ1v) is 8.30. The van der Waals surface area contributed by atoms with Crippen LogP contribution in [0.15, 0.2) is 71.6 Å². The summed E-state index contributed by atoms with van der Waals surface area (Å²) in [6, 6.07) is 17.0. The van der Waals surface area contributed by atoms with Crippen LogP contribution >= 0.6 is 11.3 Å². The van der Waals surface area contributed by atoms with Gasteiger partial charge in [0.25, 0.3) is 5.91 Å². The maximum absolute atomic E-state index is 12.4. The van der Waals surface area contributed by atoms with Gasteiger partial charge in [-0.25, -0.2) is 4.98 Å². The number of rotatable bonds is 4. The second-order valence-corrected chi connectivity index (χ2v) is 6.20. The molecule has 25 heavy (non-hydrogen) atoms. The Labute approximate surface area is 147 Å². The molecule has 1 N–H and O–H groups in total. The summed E-state index contributed by atoms with van der Waals surface area (Å²) in [5.41, 5.74) is 2.47. The summed E-state index contributed by atoms with van der Waals surface area (Å²) >= 11 is 1.36. The van der Waals surface area contributed by atoms with E-state index in [0.29, 0.717) is 16.5 Å². The van der Waals surface area contributed by atoms with Gasteiger partial charge in [0.1, 0.15) is 9.88 Å². The van der Waals surface area contributed by atoms with Gasteiger partial charge < -0.3 is 9.73 Å². The van der Waals surface area contributed by atoms with Crippen molar-refractivity contribution >= 4 is 22.9 Å². The van der Waals surface area contributed by atoms with Crippen LogP contribution in [0.4, 0.5) is 5.69 Å². The van der Waals surface area contributed by atoms with E-state index in [0.717, 1.165) is 16.1 Å². The van der Waals surface area contributed by atoms with E-state index in [-0.39, 0.29) is 5.91 Å². The Kier molecular flexibility index (Phi) is 4.05. The summed E-state index contributed by atoms with van der Waals surface area (Å²) in [6.07, 6.45) is 2.87. The van der Waals surface area contributed by atoms with Gasteiger partial charge >= 0.3 is 0 Å². The molecular formula is C18H12N4O2S. The number of nitrogens with one attached hydrogen (secondary N) is 1.